The lowest BCUT2D eigenvalue weighted by molar-refractivity contribution is 0.140. The number of thiophene rings is 1. The highest BCUT2D eigenvalue weighted by molar-refractivity contribution is 7.09. The third-order valence-electron chi connectivity index (χ3n) is 3.51. The molecule has 0 saturated carbocycles. The monoisotopic (exact) mass is 349 g/mol. The first-order valence-electron chi connectivity index (χ1n) is 7.39. The molecule has 126 valence electrons. The molecule has 0 unspecified atom stereocenters. The van der Waals surface area contributed by atoms with Gasteiger partial charge in [-0.05, 0) is 35.7 Å². The largest absolute Gasteiger partial charge is 0.442 e. The number of urea groups is 1. The van der Waals surface area contributed by atoms with E-state index < -0.39 is 12.2 Å². The number of anilines is 1. The van der Waals surface area contributed by atoms with Crippen LogP contribution < -0.4 is 15.5 Å². The Morgan fingerprint density at radius 3 is 2.79 bits per heavy atom. The molecule has 1 aliphatic rings. The molecule has 2 aromatic rings. The van der Waals surface area contributed by atoms with Gasteiger partial charge in [0.05, 0.1) is 19.6 Å². The first-order valence-corrected chi connectivity index (χ1v) is 8.27. The molecule has 1 aliphatic heterocycles. The molecule has 8 heteroatoms. The second-order valence-corrected chi connectivity index (χ2v) is 6.27. The van der Waals surface area contributed by atoms with E-state index in [4.69, 9.17) is 4.74 Å². The number of hydrogen-bond acceptors (Lipinski definition) is 4. The van der Waals surface area contributed by atoms with Gasteiger partial charge >= 0.3 is 12.1 Å². The van der Waals surface area contributed by atoms with Crippen LogP contribution in [-0.2, 0) is 11.3 Å². The Hall–Kier alpha value is -2.61. The number of nitrogens with one attached hydrogen (secondary N) is 2. The number of halogens is 1. The highest BCUT2D eigenvalue weighted by Crippen LogP contribution is 2.21. The second kappa shape index (κ2) is 7.31. The van der Waals surface area contributed by atoms with Gasteiger partial charge in [0.2, 0.25) is 0 Å². The van der Waals surface area contributed by atoms with Crippen LogP contribution in [0.3, 0.4) is 0 Å². The Morgan fingerprint density at radius 1 is 1.29 bits per heavy atom. The molecule has 1 fully saturated rings. The van der Waals surface area contributed by atoms with Gasteiger partial charge in [-0.3, -0.25) is 4.90 Å². The number of ether oxygens (including phenoxy) is 1. The first-order chi connectivity index (χ1) is 11.6. The van der Waals surface area contributed by atoms with Crippen LogP contribution in [0.25, 0.3) is 0 Å². The number of cyclic esters (lactones) is 1. The summed E-state index contributed by atoms with van der Waals surface area (Å²) in [6.07, 6.45) is -0.956. The van der Waals surface area contributed by atoms with Crippen LogP contribution in [0.15, 0.2) is 41.8 Å². The Balaban J connectivity index is 1.45. The topological polar surface area (TPSA) is 70.7 Å². The van der Waals surface area contributed by atoms with Crippen molar-refractivity contribution in [2.45, 2.75) is 12.6 Å². The molecule has 0 bridgehead atoms. The summed E-state index contributed by atoms with van der Waals surface area (Å²) < 4.78 is 18.2. The summed E-state index contributed by atoms with van der Waals surface area (Å²) in [5.41, 5.74) is 0.561. The summed E-state index contributed by atoms with van der Waals surface area (Å²) in [6, 6.07) is 9.13. The zero-order chi connectivity index (χ0) is 16.9. The smallest absolute Gasteiger partial charge is 0.414 e. The fourth-order valence-corrected chi connectivity index (χ4v) is 2.95. The van der Waals surface area contributed by atoms with Gasteiger partial charge in [0.15, 0.2) is 0 Å². The average molecular weight is 349 g/mol. The van der Waals surface area contributed by atoms with Crippen molar-refractivity contribution >= 4 is 29.1 Å². The maximum atomic E-state index is 12.9. The quantitative estimate of drug-likeness (QED) is 0.872. The second-order valence-electron chi connectivity index (χ2n) is 5.24. The van der Waals surface area contributed by atoms with Crippen molar-refractivity contribution in [2.75, 3.05) is 18.0 Å². The summed E-state index contributed by atoms with van der Waals surface area (Å²) >= 11 is 1.56. The van der Waals surface area contributed by atoms with E-state index >= 15 is 0 Å². The van der Waals surface area contributed by atoms with E-state index in [1.165, 1.54) is 29.2 Å². The molecular formula is C16H16FN3O3S. The summed E-state index contributed by atoms with van der Waals surface area (Å²) in [4.78, 5) is 26.1. The van der Waals surface area contributed by atoms with Gasteiger partial charge in [-0.1, -0.05) is 6.07 Å². The summed E-state index contributed by atoms with van der Waals surface area (Å²) in [6.45, 7) is 0.963. The van der Waals surface area contributed by atoms with Gasteiger partial charge in [-0.25, -0.2) is 14.0 Å². The zero-order valence-corrected chi connectivity index (χ0v) is 13.5. The van der Waals surface area contributed by atoms with E-state index in [2.05, 4.69) is 10.6 Å². The number of rotatable bonds is 5. The molecule has 1 atom stereocenters. The zero-order valence-electron chi connectivity index (χ0n) is 12.7. The van der Waals surface area contributed by atoms with Crippen molar-refractivity contribution in [3.63, 3.8) is 0 Å². The number of nitrogens with zero attached hydrogens (tertiary/aromatic N) is 1. The van der Waals surface area contributed by atoms with Crippen molar-refractivity contribution in [3.8, 4) is 0 Å². The van der Waals surface area contributed by atoms with E-state index in [-0.39, 0.29) is 18.4 Å². The van der Waals surface area contributed by atoms with Crippen molar-refractivity contribution in [2.24, 2.45) is 0 Å². The van der Waals surface area contributed by atoms with E-state index in [9.17, 15) is 14.0 Å². The lowest BCUT2D eigenvalue weighted by Gasteiger charge is -2.13. The van der Waals surface area contributed by atoms with E-state index in [1.807, 2.05) is 17.5 Å². The molecule has 24 heavy (non-hydrogen) atoms. The molecule has 1 saturated heterocycles. The highest BCUT2D eigenvalue weighted by atomic mass is 32.1. The average Bonchev–Trinajstić information content (AvgIpc) is 3.21. The Morgan fingerprint density at radius 2 is 2.08 bits per heavy atom. The van der Waals surface area contributed by atoms with E-state index in [0.29, 0.717) is 18.8 Å². The third kappa shape index (κ3) is 4.02. The number of carbonyl (C=O) groups is 2. The van der Waals surface area contributed by atoms with Crippen molar-refractivity contribution in [1.82, 2.24) is 10.6 Å². The van der Waals surface area contributed by atoms with Crippen LogP contribution in [0.4, 0.5) is 19.7 Å². The van der Waals surface area contributed by atoms with Gasteiger partial charge in [0.1, 0.15) is 11.9 Å². The third-order valence-corrected chi connectivity index (χ3v) is 4.38. The van der Waals surface area contributed by atoms with Crippen molar-refractivity contribution in [1.29, 1.82) is 0 Å². The predicted octanol–water partition coefficient (Wildman–Crippen LogP) is 2.71. The number of benzene rings is 1. The van der Waals surface area contributed by atoms with E-state index in [0.717, 1.165) is 4.88 Å². The molecule has 3 rings (SSSR count). The number of amides is 3. The minimum absolute atomic E-state index is 0.208. The molecule has 0 radical (unpaired) electrons. The van der Waals surface area contributed by atoms with Crippen molar-refractivity contribution < 1.29 is 18.7 Å². The Labute approximate surface area is 142 Å². The van der Waals surface area contributed by atoms with Gasteiger partial charge in [0, 0.05) is 10.6 Å². The standard InChI is InChI=1S/C16H16FN3O3S/c17-11-3-5-12(6-4-11)20-10-13(23-16(20)22)8-18-15(21)19-9-14-2-1-7-24-14/h1-7,13H,8-10H2,(H2,18,19,21)/t13-/m0/s1. The lowest BCUT2D eigenvalue weighted by Crippen LogP contribution is -2.40. The minimum Gasteiger partial charge on any atom is -0.442 e. The molecule has 1 aromatic heterocycles. The fourth-order valence-electron chi connectivity index (χ4n) is 2.31. The molecule has 2 heterocycles. The molecule has 0 aliphatic carbocycles. The van der Waals surface area contributed by atoms with Crippen LogP contribution in [0.1, 0.15) is 4.88 Å². The maximum absolute atomic E-state index is 12.9. The van der Waals surface area contributed by atoms with Crippen LogP contribution >= 0.6 is 11.3 Å². The van der Waals surface area contributed by atoms with Crippen LogP contribution in [-0.4, -0.2) is 31.3 Å². The van der Waals surface area contributed by atoms with Crippen LogP contribution in [0, 0.1) is 5.82 Å². The van der Waals surface area contributed by atoms with Crippen molar-refractivity contribution in [3.05, 3.63) is 52.5 Å². The van der Waals surface area contributed by atoms with Gasteiger partial charge in [0.25, 0.3) is 0 Å². The normalized spacial score (nSPS) is 16.8. The highest BCUT2D eigenvalue weighted by Gasteiger charge is 2.32. The number of carbonyl (C=O) groups excluding carboxylic acids is 2. The first kappa shape index (κ1) is 16.3. The summed E-state index contributed by atoms with van der Waals surface area (Å²) in [7, 11) is 0. The van der Waals surface area contributed by atoms with Crippen LogP contribution in [0.2, 0.25) is 0 Å². The molecule has 3 amide bonds. The maximum Gasteiger partial charge on any atom is 0.414 e. The Kier molecular flexibility index (Phi) is 4.95. The van der Waals surface area contributed by atoms with Crippen LogP contribution in [0.5, 0.6) is 0 Å². The van der Waals surface area contributed by atoms with Gasteiger partial charge in [-0.2, -0.15) is 0 Å². The summed E-state index contributed by atoms with van der Waals surface area (Å²) in [5.74, 6) is -0.369. The number of hydrogen-bond donors (Lipinski definition) is 2. The molecule has 1 aromatic carbocycles. The summed E-state index contributed by atoms with van der Waals surface area (Å²) in [5, 5.41) is 7.35. The lowest BCUT2D eigenvalue weighted by atomic mass is 10.2. The minimum atomic E-state index is -0.507. The van der Waals surface area contributed by atoms with Gasteiger partial charge < -0.3 is 15.4 Å². The van der Waals surface area contributed by atoms with Gasteiger partial charge in [-0.15, -0.1) is 11.3 Å². The SMILES string of the molecule is O=C(NCc1cccs1)NC[C@H]1CN(c2ccc(F)cc2)C(=O)O1. The predicted molar refractivity (Wildman–Crippen MR) is 88.6 cm³/mol. The van der Waals surface area contributed by atoms with E-state index in [1.54, 1.807) is 11.3 Å². The molecular weight excluding hydrogens is 333 g/mol. The fraction of sp³-hybridized carbons (Fsp3) is 0.250. The molecule has 2 N–H and O–H groups in total. The molecule has 6 nitrogen and oxygen atoms in total. The molecule has 0 spiro atoms. The Bertz CT molecular complexity index is 706.